The molecule has 0 atom stereocenters. The molecule has 7 heteroatoms. The van der Waals surface area contributed by atoms with E-state index in [1.807, 2.05) is 6.92 Å². The number of carboxylic acid groups (broad SMARTS) is 1. The zero-order valence-corrected chi connectivity index (χ0v) is 12.6. The molecule has 0 spiro atoms. The molecule has 1 aromatic carbocycles. The summed E-state index contributed by atoms with van der Waals surface area (Å²) in [6.07, 6.45) is 0. The van der Waals surface area contributed by atoms with E-state index in [2.05, 4.69) is 4.98 Å². The molecule has 0 aliphatic rings. The van der Waals surface area contributed by atoms with Crippen LogP contribution in [0.5, 0.6) is 0 Å². The first kappa shape index (κ1) is 14.7. The monoisotopic (exact) mass is 311 g/mol. The van der Waals surface area contributed by atoms with Gasteiger partial charge in [0.15, 0.2) is 9.84 Å². The molecule has 106 valence electrons. The van der Waals surface area contributed by atoms with Crippen molar-refractivity contribution in [1.29, 1.82) is 0 Å². The SMILES string of the molecule is Cc1ccc(S(=O)(=O)Cc2csc(C(=O)O)n2)c(C)c1. The van der Waals surface area contributed by atoms with Crippen LogP contribution in [-0.2, 0) is 15.6 Å². The fourth-order valence-corrected chi connectivity index (χ4v) is 4.17. The molecular weight excluding hydrogens is 298 g/mol. The number of aromatic nitrogens is 1. The van der Waals surface area contributed by atoms with Crippen LogP contribution in [0.2, 0.25) is 0 Å². The van der Waals surface area contributed by atoms with Crippen molar-refractivity contribution in [2.75, 3.05) is 0 Å². The number of aromatic carboxylic acids is 1. The summed E-state index contributed by atoms with van der Waals surface area (Å²) in [6, 6.07) is 5.12. The number of carboxylic acids is 1. The summed E-state index contributed by atoms with van der Waals surface area (Å²) in [5.41, 5.74) is 1.93. The first-order valence-electron chi connectivity index (χ1n) is 5.77. The van der Waals surface area contributed by atoms with Crippen molar-refractivity contribution in [1.82, 2.24) is 4.98 Å². The standard InChI is InChI=1S/C13H13NO4S2/c1-8-3-4-11(9(2)5-8)20(17,18)7-10-6-19-12(14-10)13(15)16/h3-6H,7H2,1-2H3,(H,15,16). The number of nitrogens with zero attached hydrogens (tertiary/aromatic N) is 1. The zero-order chi connectivity index (χ0) is 14.9. The van der Waals surface area contributed by atoms with Crippen LogP contribution < -0.4 is 0 Å². The number of aryl methyl sites for hydroxylation is 2. The lowest BCUT2D eigenvalue weighted by molar-refractivity contribution is 0.0696. The average molecular weight is 311 g/mol. The Bertz CT molecular complexity index is 762. The lowest BCUT2D eigenvalue weighted by Gasteiger charge is -2.07. The summed E-state index contributed by atoms with van der Waals surface area (Å²) >= 11 is 0.925. The summed E-state index contributed by atoms with van der Waals surface area (Å²) in [7, 11) is -3.52. The van der Waals surface area contributed by atoms with Crippen LogP contribution >= 0.6 is 11.3 Å². The number of hydrogen-bond donors (Lipinski definition) is 1. The van der Waals surface area contributed by atoms with Crippen LogP contribution in [0.1, 0.15) is 26.6 Å². The molecule has 20 heavy (non-hydrogen) atoms. The third kappa shape index (κ3) is 3.05. The van der Waals surface area contributed by atoms with Crippen LogP contribution in [0.3, 0.4) is 0 Å². The summed E-state index contributed by atoms with van der Waals surface area (Å²) in [5.74, 6) is -1.44. The summed E-state index contributed by atoms with van der Waals surface area (Å²) < 4.78 is 24.7. The van der Waals surface area contributed by atoms with E-state index < -0.39 is 15.8 Å². The van der Waals surface area contributed by atoms with E-state index in [4.69, 9.17) is 5.11 Å². The van der Waals surface area contributed by atoms with Crippen LogP contribution in [0.25, 0.3) is 0 Å². The van der Waals surface area contributed by atoms with Crippen LogP contribution in [-0.4, -0.2) is 24.5 Å². The molecule has 0 amide bonds. The molecule has 0 unspecified atom stereocenters. The minimum absolute atomic E-state index is 0.101. The predicted octanol–water partition coefficient (Wildman–Crippen LogP) is 2.43. The van der Waals surface area contributed by atoms with Crippen molar-refractivity contribution in [3.05, 3.63) is 45.4 Å². The van der Waals surface area contributed by atoms with E-state index >= 15 is 0 Å². The van der Waals surface area contributed by atoms with E-state index in [-0.39, 0.29) is 21.3 Å². The van der Waals surface area contributed by atoms with Crippen molar-refractivity contribution in [3.8, 4) is 0 Å². The van der Waals surface area contributed by atoms with Crippen molar-refractivity contribution < 1.29 is 18.3 Å². The Morgan fingerprint density at radius 3 is 2.60 bits per heavy atom. The van der Waals surface area contributed by atoms with Gasteiger partial charge >= 0.3 is 5.97 Å². The summed E-state index contributed by atoms with van der Waals surface area (Å²) in [6.45, 7) is 3.63. The minimum Gasteiger partial charge on any atom is -0.476 e. The normalized spacial score (nSPS) is 11.5. The van der Waals surface area contributed by atoms with Gasteiger partial charge in [0.05, 0.1) is 16.3 Å². The second-order valence-corrected chi connectivity index (χ2v) is 7.29. The molecule has 0 aliphatic carbocycles. The van der Waals surface area contributed by atoms with Crippen molar-refractivity contribution in [3.63, 3.8) is 0 Å². The molecule has 2 aromatic rings. The summed E-state index contributed by atoms with van der Waals surface area (Å²) in [5, 5.41) is 10.1. The van der Waals surface area contributed by atoms with E-state index in [0.717, 1.165) is 16.9 Å². The maximum absolute atomic E-state index is 12.3. The molecule has 1 aromatic heterocycles. The second kappa shape index (κ2) is 5.34. The van der Waals surface area contributed by atoms with Gasteiger partial charge in [-0.25, -0.2) is 18.2 Å². The topological polar surface area (TPSA) is 84.3 Å². The van der Waals surface area contributed by atoms with Crippen LogP contribution in [0.4, 0.5) is 0 Å². The van der Waals surface area contributed by atoms with E-state index in [1.165, 1.54) is 5.38 Å². The smallest absolute Gasteiger partial charge is 0.365 e. The minimum atomic E-state index is -3.52. The molecule has 0 saturated heterocycles. The highest BCUT2D eigenvalue weighted by molar-refractivity contribution is 7.90. The highest BCUT2D eigenvalue weighted by Crippen LogP contribution is 2.22. The lowest BCUT2D eigenvalue weighted by atomic mass is 10.2. The highest BCUT2D eigenvalue weighted by Gasteiger charge is 2.20. The molecular formula is C13H13NO4S2. The number of hydrogen-bond acceptors (Lipinski definition) is 5. The van der Waals surface area contributed by atoms with Gasteiger partial charge in [0.2, 0.25) is 5.01 Å². The van der Waals surface area contributed by atoms with Crippen molar-refractivity contribution >= 4 is 27.1 Å². The average Bonchev–Trinajstić information content (AvgIpc) is 2.76. The molecule has 0 bridgehead atoms. The van der Waals surface area contributed by atoms with Gasteiger partial charge in [-0.15, -0.1) is 11.3 Å². The van der Waals surface area contributed by atoms with Crippen molar-refractivity contribution in [2.45, 2.75) is 24.5 Å². The van der Waals surface area contributed by atoms with E-state index in [0.29, 0.717) is 5.56 Å². The Kier molecular flexibility index (Phi) is 3.92. The van der Waals surface area contributed by atoms with Gasteiger partial charge in [-0.1, -0.05) is 17.7 Å². The third-order valence-electron chi connectivity index (χ3n) is 2.74. The first-order valence-corrected chi connectivity index (χ1v) is 8.30. The van der Waals surface area contributed by atoms with Gasteiger partial charge in [-0.2, -0.15) is 0 Å². The first-order chi connectivity index (χ1) is 9.29. The van der Waals surface area contributed by atoms with Gasteiger partial charge in [0, 0.05) is 5.38 Å². The lowest BCUT2D eigenvalue weighted by Crippen LogP contribution is -2.08. The Balaban J connectivity index is 2.33. The maximum Gasteiger partial charge on any atom is 0.365 e. The number of rotatable bonds is 4. The third-order valence-corrected chi connectivity index (χ3v) is 5.42. The predicted molar refractivity (Wildman–Crippen MR) is 75.9 cm³/mol. The van der Waals surface area contributed by atoms with Gasteiger partial charge < -0.3 is 5.11 Å². The number of carbonyl (C=O) groups is 1. The Hall–Kier alpha value is -1.73. The fourth-order valence-electron chi connectivity index (χ4n) is 1.89. The Morgan fingerprint density at radius 1 is 1.35 bits per heavy atom. The highest BCUT2D eigenvalue weighted by atomic mass is 32.2. The van der Waals surface area contributed by atoms with Gasteiger partial charge in [0.25, 0.3) is 0 Å². The molecule has 0 saturated carbocycles. The molecule has 0 aliphatic heterocycles. The largest absolute Gasteiger partial charge is 0.476 e. The van der Waals surface area contributed by atoms with E-state index in [9.17, 15) is 13.2 Å². The van der Waals surface area contributed by atoms with Crippen molar-refractivity contribution in [2.24, 2.45) is 0 Å². The molecule has 5 nitrogen and oxygen atoms in total. The summed E-state index contributed by atoms with van der Waals surface area (Å²) in [4.78, 5) is 14.8. The van der Waals surface area contributed by atoms with Gasteiger partial charge in [-0.05, 0) is 25.5 Å². The number of sulfone groups is 1. The fraction of sp³-hybridized carbons (Fsp3) is 0.231. The molecule has 0 radical (unpaired) electrons. The molecule has 1 N–H and O–H groups in total. The maximum atomic E-state index is 12.3. The Morgan fingerprint density at radius 2 is 2.05 bits per heavy atom. The number of benzene rings is 1. The van der Waals surface area contributed by atoms with E-state index in [1.54, 1.807) is 25.1 Å². The molecule has 2 rings (SSSR count). The molecule has 1 heterocycles. The Labute approximate surface area is 120 Å². The van der Waals surface area contributed by atoms with Gasteiger partial charge in [-0.3, -0.25) is 0 Å². The number of thiazole rings is 1. The van der Waals surface area contributed by atoms with Gasteiger partial charge in [0.1, 0.15) is 0 Å². The zero-order valence-electron chi connectivity index (χ0n) is 11.0. The van der Waals surface area contributed by atoms with Crippen LogP contribution in [0, 0.1) is 13.8 Å². The second-order valence-electron chi connectivity index (χ2n) is 4.48. The van der Waals surface area contributed by atoms with Crippen LogP contribution in [0.15, 0.2) is 28.5 Å². The quantitative estimate of drug-likeness (QED) is 0.937. The molecule has 0 fully saturated rings.